The third-order valence-corrected chi connectivity index (χ3v) is 5.71. The molecule has 1 aromatic carbocycles. The van der Waals surface area contributed by atoms with Gasteiger partial charge >= 0.3 is 0 Å². The zero-order valence-corrected chi connectivity index (χ0v) is 19.8. The smallest absolute Gasteiger partial charge is 0.261 e. The Morgan fingerprint density at radius 2 is 2.03 bits per heavy atom. The summed E-state index contributed by atoms with van der Waals surface area (Å²) in [7, 11) is 3.32. The predicted molar refractivity (Wildman–Crippen MR) is 131 cm³/mol. The quantitative estimate of drug-likeness (QED) is 0.135. The molecular formula is C22H26ClN9O. The average molecular weight is 468 g/mol. The summed E-state index contributed by atoms with van der Waals surface area (Å²) in [6, 6.07) is 7.19. The molecule has 0 spiro atoms. The van der Waals surface area contributed by atoms with Crippen LogP contribution in [0.4, 0.5) is 5.69 Å². The molecule has 1 atom stereocenters. The van der Waals surface area contributed by atoms with Gasteiger partial charge in [-0.15, -0.1) is 5.10 Å². The molecule has 0 saturated heterocycles. The minimum absolute atomic E-state index is 0.0746. The van der Waals surface area contributed by atoms with E-state index >= 15 is 0 Å². The monoisotopic (exact) mass is 467 g/mol. The Balaban J connectivity index is 1.91. The summed E-state index contributed by atoms with van der Waals surface area (Å²) in [5.41, 5.74) is 11.3. The number of hydrazone groups is 1. The lowest BCUT2D eigenvalue weighted by Gasteiger charge is -2.21. The molecule has 3 heterocycles. The molecule has 0 aliphatic carbocycles. The van der Waals surface area contributed by atoms with Gasteiger partial charge in [-0.1, -0.05) is 17.7 Å². The first-order valence-corrected chi connectivity index (χ1v) is 10.7. The number of aromatic nitrogens is 4. The number of nitrogens with two attached hydrogens (primary N) is 2. The lowest BCUT2D eigenvalue weighted by Crippen LogP contribution is -2.27. The second kappa shape index (κ2) is 8.38. The van der Waals surface area contributed by atoms with E-state index in [-0.39, 0.29) is 22.6 Å². The molecule has 11 heteroatoms. The van der Waals surface area contributed by atoms with E-state index in [4.69, 9.17) is 23.2 Å². The highest BCUT2D eigenvalue weighted by atomic mass is 35.5. The number of amidine groups is 1. The van der Waals surface area contributed by atoms with E-state index in [0.29, 0.717) is 16.8 Å². The third kappa shape index (κ3) is 3.98. The summed E-state index contributed by atoms with van der Waals surface area (Å²) in [5.74, 6) is 5.73. The normalized spacial score (nSPS) is 13.0. The maximum Gasteiger partial charge on any atom is 0.261 e. The minimum Gasteiger partial charge on any atom is -0.380 e. The standard InChI is InChI=1S/C22H26ClN9O/c1-11-8-14(19-15(9-11)22(33)30(4)21-13(3)26-10-32(19)21)12(2)27-16-6-7-17(23)28-18(16)20(24)29-31(5)25/h6-10,12,27H,25H2,1-5H3,(H2,24,29). The van der Waals surface area contributed by atoms with Crippen molar-refractivity contribution in [2.45, 2.75) is 26.8 Å². The number of fused-ring (bicyclic) bond motifs is 3. The number of aryl methyl sites for hydroxylation is 3. The molecule has 33 heavy (non-hydrogen) atoms. The summed E-state index contributed by atoms with van der Waals surface area (Å²) in [5, 5.41) is 9.50. The van der Waals surface area contributed by atoms with Crippen LogP contribution in [0.15, 0.2) is 40.5 Å². The van der Waals surface area contributed by atoms with Gasteiger partial charge in [0.15, 0.2) is 5.84 Å². The maximum atomic E-state index is 13.2. The molecule has 0 aliphatic heterocycles. The molecule has 10 nitrogen and oxygen atoms in total. The van der Waals surface area contributed by atoms with Gasteiger partial charge in [0.25, 0.3) is 5.56 Å². The Bertz CT molecular complexity index is 1470. The second-order valence-corrected chi connectivity index (χ2v) is 8.48. The van der Waals surface area contributed by atoms with E-state index in [0.717, 1.165) is 33.1 Å². The van der Waals surface area contributed by atoms with Crippen molar-refractivity contribution in [3.8, 4) is 0 Å². The number of pyridine rings is 1. The zero-order chi connectivity index (χ0) is 24.0. The van der Waals surface area contributed by atoms with Crippen molar-refractivity contribution in [2.24, 2.45) is 23.7 Å². The molecule has 4 rings (SSSR count). The summed E-state index contributed by atoms with van der Waals surface area (Å²) >= 11 is 6.11. The van der Waals surface area contributed by atoms with Crippen molar-refractivity contribution in [1.82, 2.24) is 24.1 Å². The van der Waals surface area contributed by atoms with Crippen molar-refractivity contribution in [2.75, 3.05) is 12.4 Å². The van der Waals surface area contributed by atoms with Gasteiger partial charge < -0.3 is 11.1 Å². The molecule has 1 unspecified atom stereocenters. The van der Waals surface area contributed by atoms with Crippen LogP contribution in [-0.4, -0.2) is 36.9 Å². The Labute approximate surface area is 195 Å². The first-order chi connectivity index (χ1) is 15.6. The Hall–Kier alpha value is -3.63. The van der Waals surface area contributed by atoms with Gasteiger partial charge in [-0.25, -0.2) is 20.9 Å². The topological polar surface area (TPSA) is 132 Å². The molecule has 0 amide bonds. The lowest BCUT2D eigenvalue weighted by molar-refractivity contribution is 0.371. The molecule has 0 fully saturated rings. The van der Waals surface area contributed by atoms with Crippen molar-refractivity contribution in [1.29, 1.82) is 0 Å². The van der Waals surface area contributed by atoms with Crippen molar-refractivity contribution >= 4 is 39.7 Å². The SMILES string of the molecule is Cc1cc(C(C)Nc2ccc(Cl)nc2/C(N)=N/N(C)N)c2c(c1)c(=O)n(C)c1c(C)ncn21. The Morgan fingerprint density at radius 1 is 1.30 bits per heavy atom. The van der Waals surface area contributed by atoms with Crippen LogP contribution in [0, 0.1) is 13.8 Å². The van der Waals surface area contributed by atoms with Crippen LogP contribution in [0.3, 0.4) is 0 Å². The first-order valence-electron chi connectivity index (χ1n) is 10.3. The number of hydrogen-bond acceptors (Lipinski definition) is 7. The number of anilines is 1. The Morgan fingerprint density at radius 3 is 2.73 bits per heavy atom. The molecule has 0 bridgehead atoms. The number of hydrogen-bond donors (Lipinski definition) is 3. The van der Waals surface area contributed by atoms with Gasteiger partial charge in [0.1, 0.15) is 22.8 Å². The number of imidazole rings is 1. The van der Waals surface area contributed by atoms with Crippen LogP contribution in [0.2, 0.25) is 5.15 Å². The van der Waals surface area contributed by atoms with Crippen molar-refractivity contribution < 1.29 is 0 Å². The van der Waals surface area contributed by atoms with Gasteiger partial charge in [0.05, 0.1) is 28.3 Å². The van der Waals surface area contributed by atoms with Crippen LogP contribution in [0.1, 0.15) is 35.5 Å². The van der Waals surface area contributed by atoms with Gasteiger partial charge in [-0.3, -0.25) is 13.8 Å². The number of benzene rings is 1. The number of halogens is 1. The summed E-state index contributed by atoms with van der Waals surface area (Å²) < 4.78 is 3.59. The zero-order valence-electron chi connectivity index (χ0n) is 19.1. The summed E-state index contributed by atoms with van der Waals surface area (Å²) in [6.45, 7) is 5.86. The highest BCUT2D eigenvalue weighted by Crippen LogP contribution is 2.29. The Kier molecular flexibility index (Phi) is 5.73. The molecule has 4 aromatic rings. The van der Waals surface area contributed by atoms with E-state index in [9.17, 15) is 4.79 Å². The van der Waals surface area contributed by atoms with Crippen LogP contribution >= 0.6 is 11.6 Å². The average Bonchev–Trinajstić information content (AvgIpc) is 3.13. The number of rotatable bonds is 5. The fourth-order valence-electron chi connectivity index (χ4n) is 4.12. The van der Waals surface area contributed by atoms with Gasteiger partial charge in [0.2, 0.25) is 0 Å². The molecule has 172 valence electrons. The van der Waals surface area contributed by atoms with Gasteiger partial charge in [-0.05, 0) is 50.1 Å². The second-order valence-electron chi connectivity index (χ2n) is 8.09. The van der Waals surface area contributed by atoms with E-state index in [1.54, 1.807) is 37.1 Å². The van der Waals surface area contributed by atoms with Crippen molar-refractivity contribution in [3.63, 3.8) is 0 Å². The fraction of sp³-hybridized carbons (Fsp3) is 0.273. The first kappa shape index (κ1) is 22.6. The van der Waals surface area contributed by atoms with Crippen LogP contribution < -0.4 is 22.5 Å². The largest absolute Gasteiger partial charge is 0.380 e. The molecule has 3 aromatic heterocycles. The minimum atomic E-state index is -0.226. The number of nitrogens with one attached hydrogen (secondary N) is 1. The van der Waals surface area contributed by atoms with E-state index in [1.807, 2.05) is 31.2 Å². The predicted octanol–water partition coefficient (Wildman–Crippen LogP) is 2.45. The number of nitrogens with zero attached hydrogens (tertiary/aromatic N) is 6. The summed E-state index contributed by atoms with van der Waals surface area (Å²) in [6.07, 6.45) is 1.75. The van der Waals surface area contributed by atoms with Crippen LogP contribution in [0.25, 0.3) is 16.6 Å². The highest BCUT2D eigenvalue weighted by molar-refractivity contribution is 6.29. The maximum absolute atomic E-state index is 13.2. The lowest BCUT2D eigenvalue weighted by atomic mass is 10.0. The number of hydrazine groups is 1. The van der Waals surface area contributed by atoms with Crippen LogP contribution in [0.5, 0.6) is 0 Å². The van der Waals surface area contributed by atoms with Gasteiger partial charge in [0, 0.05) is 14.1 Å². The van der Waals surface area contributed by atoms with Crippen molar-refractivity contribution in [3.05, 3.63) is 68.6 Å². The summed E-state index contributed by atoms with van der Waals surface area (Å²) in [4.78, 5) is 22.0. The molecule has 0 aliphatic rings. The van der Waals surface area contributed by atoms with E-state index in [1.165, 1.54) is 0 Å². The van der Waals surface area contributed by atoms with Gasteiger partial charge in [-0.2, -0.15) is 0 Å². The molecule has 5 N–H and O–H groups in total. The van der Waals surface area contributed by atoms with Crippen LogP contribution in [-0.2, 0) is 7.05 Å². The highest BCUT2D eigenvalue weighted by Gasteiger charge is 2.20. The fourth-order valence-corrected chi connectivity index (χ4v) is 4.27. The molecule has 0 radical (unpaired) electrons. The van der Waals surface area contributed by atoms with E-state index in [2.05, 4.69) is 26.5 Å². The molecular weight excluding hydrogens is 442 g/mol. The van der Waals surface area contributed by atoms with E-state index < -0.39 is 0 Å². The molecule has 0 saturated carbocycles. The third-order valence-electron chi connectivity index (χ3n) is 5.50.